The molecule has 0 aliphatic carbocycles. The zero-order valence-electron chi connectivity index (χ0n) is 13.5. The monoisotopic (exact) mass is 310 g/mol. The Balaban J connectivity index is 1.54. The summed E-state index contributed by atoms with van der Waals surface area (Å²) in [7, 11) is 0. The molecule has 0 saturated carbocycles. The van der Waals surface area contributed by atoms with Crippen LogP contribution < -0.4 is 4.90 Å². The molecule has 1 amide bonds. The second kappa shape index (κ2) is 5.81. The first kappa shape index (κ1) is 14.5. The van der Waals surface area contributed by atoms with Crippen molar-refractivity contribution in [3.63, 3.8) is 0 Å². The number of amides is 1. The number of imidazole rings is 1. The van der Waals surface area contributed by atoms with Gasteiger partial charge in [0.1, 0.15) is 5.82 Å². The van der Waals surface area contributed by atoms with E-state index in [9.17, 15) is 4.79 Å². The molecule has 23 heavy (non-hydrogen) atoms. The number of rotatable bonds is 2. The highest BCUT2D eigenvalue weighted by molar-refractivity contribution is 5.98. The Hall–Kier alpha value is -2.14. The van der Waals surface area contributed by atoms with Gasteiger partial charge in [0.05, 0.1) is 12.6 Å². The van der Waals surface area contributed by atoms with Gasteiger partial charge in [0.15, 0.2) is 0 Å². The SMILES string of the molecule is CC(C(=O)N1CCCc2ccccc21)N1CCn2ccnc2C1. The van der Waals surface area contributed by atoms with E-state index in [4.69, 9.17) is 0 Å². The van der Waals surface area contributed by atoms with Crippen LogP contribution in [-0.4, -0.2) is 39.5 Å². The summed E-state index contributed by atoms with van der Waals surface area (Å²) in [5.41, 5.74) is 2.38. The Bertz CT molecular complexity index is 723. The van der Waals surface area contributed by atoms with Gasteiger partial charge in [-0.2, -0.15) is 0 Å². The van der Waals surface area contributed by atoms with E-state index >= 15 is 0 Å². The minimum absolute atomic E-state index is 0.119. The summed E-state index contributed by atoms with van der Waals surface area (Å²) in [6.07, 6.45) is 5.96. The molecule has 2 aliphatic heterocycles. The highest BCUT2D eigenvalue weighted by atomic mass is 16.2. The molecule has 2 aliphatic rings. The zero-order chi connectivity index (χ0) is 15.8. The van der Waals surface area contributed by atoms with Gasteiger partial charge in [0.25, 0.3) is 0 Å². The molecule has 0 fully saturated rings. The first-order chi connectivity index (χ1) is 11.2. The number of carbonyl (C=O) groups excluding carboxylic acids is 1. The molecule has 4 rings (SSSR count). The summed E-state index contributed by atoms with van der Waals surface area (Å²) in [5.74, 6) is 1.26. The van der Waals surface area contributed by atoms with Crippen LogP contribution in [0.15, 0.2) is 36.7 Å². The lowest BCUT2D eigenvalue weighted by Gasteiger charge is -2.37. The highest BCUT2D eigenvalue weighted by Crippen LogP contribution is 2.28. The molecule has 1 aromatic carbocycles. The molecule has 0 spiro atoms. The lowest BCUT2D eigenvalue weighted by Crippen LogP contribution is -2.50. The summed E-state index contributed by atoms with van der Waals surface area (Å²) in [4.78, 5) is 21.7. The predicted octanol–water partition coefficient (Wildman–Crippen LogP) is 2.07. The third kappa shape index (κ3) is 2.55. The molecule has 5 heteroatoms. The minimum atomic E-state index is -0.119. The summed E-state index contributed by atoms with van der Waals surface area (Å²) in [5, 5.41) is 0. The van der Waals surface area contributed by atoms with Crippen molar-refractivity contribution >= 4 is 11.6 Å². The third-order valence-corrected chi connectivity index (χ3v) is 5.06. The van der Waals surface area contributed by atoms with Gasteiger partial charge >= 0.3 is 0 Å². The van der Waals surface area contributed by atoms with Gasteiger partial charge in [0, 0.05) is 37.7 Å². The third-order valence-electron chi connectivity index (χ3n) is 5.06. The zero-order valence-corrected chi connectivity index (χ0v) is 13.5. The van der Waals surface area contributed by atoms with E-state index in [1.807, 2.05) is 30.3 Å². The van der Waals surface area contributed by atoms with Crippen LogP contribution in [0.4, 0.5) is 5.69 Å². The van der Waals surface area contributed by atoms with E-state index in [2.05, 4.69) is 32.7 Å². The normalized spacial score (nSPS) is 19.1. The van der Waals surface area contributed by atoms with E-state index < -0.39 is 0 Å². The Morgan fingerprint density at radius 1 is 1.22 bits per heavy atom. The fraction of sp³-hybridized carbons (Fsp3) is 0.444. The average Bonchev–Trinajstić information content (AvgIpc) is 3.07. The number of fused-ring (bicyclic) bond motifs is 2. The van der Waals surface area contributed by atoms with Crippen molar-refractivity contribution in [1.82, 2.24) is 14.5 Å². The van der Waals surface area contributed by atoms with Crippen LogP contribution in [0, 0.1) is 0 Å². The van der Waals surface area contributed by atoms with Gasteiger partial charge in [-0.3, -0.25) is 9.69 Å². The Morgan fingerprint density at radius 3 is 3.00 bits per heavy atom. The Kier molecular flexibility index (Phi) is 3.65. The fourth-order valence-electron chi connectivity index (χ4n) is 3.67. The molecule has 120 valence electrons. The van der Waals surface area contributed by atoms with Crippen molar-refractivity contribution in [2.45, 2.75) is 38.9 Å². The molecule has 2 aromatic rings. The molecule has 0 N–H and O–H groups in total. The molecule has 0 saturated heterocycles. The molecule has 0 radical (unpaired) electrons. The lowest BCUT2D eigenvalue weighted by atomic mass is 10.0. The first-order valence-corrected chi connectivity index (χ1v) is 8.37. The number of hydrogen-bond donors (Lipinski definition) is 0. The van der Waals surface area contributed by atoms with E-state index in [0.717, 1.165) is 50.5 Å². The Labute approximate surface area is 136 Å². The summed E-state index contributed by atoms with van der Waals surface area (Å²) < 4.78 is 2.17. The average molecular weight is 310 g/mol. The molecule has 1 aromatic heterocycles. The van der Waals surface area contributed by atoms with Gasteiger partial charge in [-0.05, 0) is 31.4 Å². The number of anilines is 1. The number of para-hydroxylation sites is 1. The maximum absolute atomic E-state index is 13.1. The number of aryl methyl sites for hydroxylation is 1. The number of nitrogens with zero attached hydrogens (tertiary/aromatic N) is 4. The number of benzene rings is 1. The van der Waals surface area contributed by atoms with E-state index in [1.54, 1.807) is 0 Å². The predicted molar refractivity (Wildman–Crippen MR) is 89.2 cm³/mol. The van der Waals surface area contributed by atoms with Gasteiger partial charge in [-0.15, -0.1) is 0 Å². The summed E-state index contributed by atoms with van der Waals surface area (Å²) in [6.45, 7) is 5.39. The van der Waals surface area contributed by atoms with E-state index in [-0.39, 0.29) is 11.9 Å². The highest BCUT2D eigenvalue weighted by Gasteiger charge is 2.31. The van der Waals surface area contributed by atoms with Gasteiger partial charge in [-0.1, -0.05) is 18.2 Å². The van der Waals surface area contributed by atoms with Crippen molar-refractivity contribution in [2.24, 2.45) is 0 Å². The first-order valence-electron chi connectivity index (χ1n) is 8.37. The molecule has 0 bridgehead atoms. The Morgan fingerprint density at radius 2 is 2.09 bits per heavy atom. The van der Waals surface area contributed by atoms with E-state index in [0.29, 0.717) is 0 Å². The van der Waals surface area contributed by atoms with Crippen molar-refractivity contribution in [1.29, 1.82) is 0 Å². The fourth-order valence-corrected chi connectivity index (χ4v) is 3.67. The second-order valence-corrected chi connectivity index (χ2v) is 6.41. The summed E-state index contributed by atoms with van der Waals surface area (Å²) in [6, 6.07) is 8.17. The minimum Gasteiger partial charge on any atom is -0.333 e. The summed E-state index contributed by atoms with van der Waals surface area (Å²) >= 11 is 0. The number of carbonyl (C=O) groups is 1. The molecule has 1 atom stereocenters. The van der Waals surface area contributed by atoms with Gasteiger partial charge < -0.3 is 9.47 Å². The van der Waals surface area contributed by atoms with Crippen molar-refractivity contribution in [3.05, 3.63) is 48.0 Å². The topological polar surface area (TPSA) is 41.4 Å². The van der Waals surface area contributed by atoms with Crippen LogP contribution in [0.1, 0.15) is 24.7 Å². The number of aromatic nitrogens is 2. The standard InChI is InChI=1S/C18H22N4O/c1-14(21-12-11-20-10-8-19-17(20)13-21)18(23)22-9-4-6-15-5-2-3-7-16(15)22/h2-3,5,7-8,10,14H,4,6,9,11-13H2,1H3. The van der Waals surface area contributed by atoms with E-state index in [1.165, 1.54) is 5.56 Å². The van der Waals surface area contributed by atoms with Crippen molar-refractivity contribution < 1.29 is 4.79 Å². The van der Waals surface area contributed by atoms with Crippen molar-refractivity contribution in [3.8, 4) is 0 Å². The lowest BCUT2D eigenvalue weighted by molar-refractivity contribution is -0.123. The largest absolute Gasteiger partial charge is 0.333 e. The molecular formula is C18H22N4O. The maximum Gasteiger partial charge on any atom is 0.244 e. The van der Waals surface area contributed by atoms with Crippen LogP contribution >= 0.6 is 0 Å². The maximum atomic E-state index is 13.1. The second-order valence-electron chi connectivity index (χ2n) is 6.41. The van der Waals surface area contributed by atoms with Gasteiger partial charge in [0.2, 0.25) is 5.91 Å². The van der Waals surface area contributed by atoms with Crippen LogP contribution in [0.5, 0.6) is 0 Å². The molecular weight excluding hydrogens is 288 g/mol. The van der Waals surface area contributed by atoms with Crippen LogP contribution in [0.2, 0.25) is 0 Å². The molecule has 1 unspecified atom stereocenters. The van der Waals surface area contributed by atoms with Crippen LogP contribution in [0.3, 0.4) is 0 Å². The smallest absolute Gasteiger partial charge is 0.244 e. The number of hydrogen-bond acceptors (Lipinski definition) is 3. The van der Waals surface area contributed by atoms with Crippen LogP contribution in [0.25, 0.3) is 0 Å². The van der Waals surface area contributed by atoms with Gasteiger partial charge in [-0.25, -0.2) is 4.98 Å². The molecule has 5 nitrogen and oxygen atoms in total. The quantitative estimate of drug-likeness (QED) is 0.853. The molecule has 3 heterocycles. The van der Waals surface area contributed by atoms with Crippen LogP contribution in [-0.2, 0) is 24.3 Å². The van der Waals surface area contributed by atoms with Crippen molar-refractivity contribution in [2.75, 3.05) is 18.0 Å².